The van der Waals surface area contributed by atoms with Gasteiger partial charge in [-0.25, -0.2) is 23.5 Å². The van der Waals surface area contributed by atoms with Crippen LogP contribution in [-0.2, 0) is 17.8 Å². The van der Waals surface area contributed by atoms with E-state index in [-0.39, 0.29) is 17.9 Å². The largest absolute Gasteiger partial charge is 0.490 e. The number of alkyl halides is 3. The topological polar surface area (TPSA) is 90.8 Å². The lowest BCUT2D eigenvalue weighted by atomic mass is 10.0. The van der Waals surface area contributed by atoms with E-state index in [1.807, 2.05) is 0 Å². The summed E-state index contributed by atoms with van der Waals surface area (Å²) in [4.78, 5) is 24.0. The smallest absolute Gasteiger partial charge is 0.487 e. The van der Waals surface area contributed by atoms with Crippen molar-refractivity contribution in [2.24, 2.45) is 0 Å². The number of piperidine rings is 1. The van der Waals surface area contributed by atoms with Crippen LogP contribution in [0.25, 0.3) is 0 Å². The van der Waals surface area contributed by atoms with E-state index in [1.165, 1.54) is 30.5 Å². The standard InChI is InChI=1S/C29H33F2N5O.C2HF3O2/c1-19-27-25(13-16-36(19)18-20-5-3-2-4-6-20)33-28(32-22-8-9-22)29(34-27)35-14-11-23(12-15-35)37-26-10-7-21(30)17-24(26)31;3-2(4,5)1(6)7/h2-7,10,17,19,22-23H,8-9,11-16,18H2,1H3,(H,32,33);(H,6,7). The minimum Gasteiger partial charge on any atom is -0.487 e. The number of aromatic nitrogens is 2. The average Bonchev–Trinajstić information content (AvgIpc) is 3.81. The number of carboxylic acids is 1. The summed E-state index contributed by atoms with van der Waals surface area (Å²) in [6.07, 6.45) is -0.528. The average molecular weight is 620 g/mol. The van der Waals surface area contributed by atoms with Crippen molar-refractivity contribution in [1.82, 2.24) is 14.9 Å². The van der Waals surface area contributed by atoms with Gasteiger partial charge in [-0.2, -0.15) is 13.2 Å². The fourth-order valence-electron chi connectivity index (χ4n) is 5.32. The summed E-state index contributed by atoms with van der Waals surface area (Å²) < 4.78 is 65.0. The zero-order chi connectivity index (χ0) is 31.4. The molecule has 2 aliphatic heterocycles. The van der Waals surface area contributed by atoms with Crippen molar-refractivity contribution in [3.05, 3.63) is 77.1 Å². The first-order chi connectivity index (χ1) is 21.0. The predicted octanol–water partition coefficient (Wildman–Crippen LogP) is 6.13. The van der Waals surface area contributed by atoms with Gasteiger partial charge in [0.25, 0.3) is 0 Å². The molecule has 1 unspecified atom stereocenters. The number of nitrogens with zero attached hydrogens (tertiary/aromatic N) is 4. The number of ether oxygens (including phenoxy) is 1. The van der Waals surface area contributed by atoms with Crippen molar-refractivity contribution < 1.29 is 36.6 Å². The number of halogens is 5. The van der Waals surface area contributed by atoms with Gasteiger partial charge in [-0.05, 0) is 37.5 Å². The zero-order valence-corrected chi connectivity index (χ0v) is 24.2. The Morgan fingerprint density at radius 1 is 1.02 bits per heavy atom. The molecule has 6 rings (SSSR count). The van der Waals surface area contributed by atoms with Gasteiger partial charge in [0.2, 0.25) is 0 Å². The van der Waals surface area contributed by atoms with Gasteiger partial charge in [0.1, 0.15) is 11.9 Å². The predicted molar refractivity (Wildman–Crippen MR) is 154 cm³/mol. The molecule has 2 fully saturated rings. The Kier molecular flexibility index (Phi) is 9.52. The first-order valence-corrected chi connectivity index (χ1v) is 14.6. The van der Waals surface area contributed by atoms with E-state index in [2.05, 4.69) is 52.4 Å². The molecular weight excluding hydrogens is 585 g/mol. The lowest BCUT2D eigenvalue weighted by molar-refractivity contribution is -0.192. The third kappa shape index (κ3) is 7.93. The van der Waals surface area contributed by atoms with Gasteiger partial charge in [-0.15, -0.1) is 0 Å². The molecule has 0 radical (unpaired) electrons. The van der Waals surface area contributed by atoms with Gasteiger partial charge in [-0.3, -0.25) is 4.90 Å². The Morgan fingerprint density at radius 2 is 1.70 bits per heavy atom. The number of carbonyl (C=O) groups is 1. The Balaban J connectivity index is 0.000000493. The Morgan fingerprint density at radius 3 is 2.32 bits per heavy atom. The monoisotopic (exact) mass is 619 g/mol. The maximum atomic E-state index is 14.1. The summed E-state index contributed by atoms with van der Waals surface area (Å²) in [5.74, 6) is -2.12. The zero-order valence-electron chi connectivity index (χ0n) is 24.2. The third-order valence-corrected chi connectivity index (χ3v) is 7.88. The molecule has 3 aromatic rings. The Hall–Kier alpha value is -4.00. The number of rotatable bonds is 7. The second-order valence-electron chi connectivity index (χ2n) is 11.2. The summed E-state index contributed by atoms with van der Waals surface area (Å²) in [7, 11) is 0. The quantitative estimate of drug-likeness (QED) is 0.306. The molecule has 236 valence electrons. The molecule has 44 heavy (non-hydrogen) atoms. The van der Waals surface area contributed by atoms with Gasteiger partial charge in [0.15, 0.2) is 23.2 Å². The second-order valence-corrected chi connectivity index (χ2v) is 11.2. The molecule has 0 spiro atoms. The van der Waals surface area contributed by atoms with Crippen LogP contribution in [0.15, 0.2) is 48.5 Å². The lowest BCUT2D eigenvalue weighted by Crippen LogP contribution is -2.40. The van der Waals surface area contributed by atoms with Gasteiger partial charge >= 0.3 is 12.1 Å². The highest BCUT2D eigenvalue weighted by Gasteiger charge is 2.38. The number of hydrogen-bond donors (Lipinski definition) is 2. The molecule has 8 nitrogen and oxygen atoms in total. The molecule has 1 aromatic heterocycles. The van der Waals surface area contributed by atoms with Crippen LogP contribution in [0.4, 0.5) is 33.6 Å². The van der Waals surface area contributed by atoms with E-state index in [0.29, 0.717) is 6.04 Å². The van der Waals surface area contributed by atoms with E-state index in [4.69, 9.17) is 24.6 Å². The fraction of sp³-hybridized carbons (Fsp3) is 0.452. The van der Waals surface area contributed by atoms with Crippen LogP contribution in [0.3, 0.4) is 0 Å². The molecule has 0 amide bonds. The number of hydrogen-bond acceptors (Lipinski definition) is 7. The highest BCUT2D eigenvalue weighted by atomic mass is 19.4. The minimum atomic E-state index is -5.08. The van der Waals surface area contributed by atoms with E-state index in [9.17, 15) is 22.0 Å². The molecule has 1 aliphatic carbocycles. The Bertz CT molecular complexity index is 1450. The SMILES string of the molecule is CC1c2nc(N3CCC(Oc4ccc(F)cc4F)CC3)c(NC3CC3)nc2CCN1Cc1ccccc1.O=C(O)C(F)(F)F. The van der Waals surface area contributed by atoms with Gasteiger partial charge in [0, 0.05) is 57.5 Å². The second kappa shape index (κ2) is 13.3. The number of aliphatic carboxylic acids is 1. The van der Waals surface area contributed by atoms with Crippen molar-refractivity contribution in [3.8, 4) is 5.75 Å². The van der Waals surface area contributed by atoms with Crippen molar-refractivity contribution in [2.45, 2.75) is 69.9 Å². The molecule has 1 saturated heterocycles. The summed E-state index contributed by atoms with van der Waals surface area (Å²) >= 11 is 0. The molecular formula is C31H34F5N5O3. The number of fused-ring (bicyclic) bond motifs is 1. The molecule has 13 heteroatoms. The Labute approximate surface area is 251 Å². The van der Waals surface area contributed by atoms with Crippen LogP contribution in [0.2, 0.25) is 0 Å². The van der Waals surface area contributed by atoms with Crippen molar-refractivity contribution >= 4 is 17.6 Å². The lowest BCUT2D eigenvalue weighted by Gasteiger charge is -2.37. The summed E-state index contributed by atoms with van der Waals surface area (Å²) in [5.41, 5.74) is 3.46. The highest BCUT2D eigenvalue weighted by molar-refractivity contribution is 5.73. The molecule has 2 aromatic carbocycles. The molecule has 1 atom stereocenters. The van der Waals surface area contributed by atoms with Crippen molar-refractivity contribution in [1.29, 1.82) is 0 Å². The maximum absolute atomic E-state index is 14.1. The summed E-state index contributed by atoms with van der Waals surface area (Å²) in [5, 5.41) is 10.7. The third-order valence-electron chi connectivity index (χ3n) is 7.88. The van der Waals surface area contributed by atoms with Crippen LogP contribution >= 0.6 is 0 Å². The number of benzene rings is 2. The van der Waals surface area contributed by atoms with E-state index < -0.39 is 23.8 Å². The van der Waals surface area contributed by atoms with Crippen molar-refractivity contribution in [3.63, 3.8) is 0 Å². The van der Waals surface area contributed by atoms with Crippen LogP contribution in [0, 0.1) is 11.6 Å². The van der Waals surface area contributed by atoms with Gasteiger partial charge < -0.3 is 20.1 Å². The van der Waals surface area contributed by atoms with E-state index >= 15 is 0 Å². The number of anilines is 2. The van der Waals surface area contributed by atoms with Crippen LogP contribution in [0.5, 0.6) is 5.75 Å². The number of carboxylic acid groups (broad SMARTS) is 1. The first-order valence-electron chi connectivity index (χ1n) is 14.6. The van der Waals surface area contributed by atoms with E-state index in [0.717, 1.165) is 74.5 Å². The minimum absolute atomic E-state index is 0.108. The van der Waals surface area contributed by atoms with E-state index in [1.54, 1.807) is 0 Å². The first kappa shape index (κ1) is 31.4. The normalized spacial score (nSPS) is 19.0. The maximum Gasteiger partial charge on any atom is 0.490 e. The highest BCUT2D eigenvalue weighted by Crippen LogP contribution is 2.36. The molecule has 2 N–H and O–H groups in total. The molecule has 0 bridgehead atoms. The van der Waals surface area contributed by atoms with Crippen LogP contribution < -0.4 is 15.0 Å². The fourth-order valence-corrected chi connectivity index (χ4v) is 5.32. The van der Waals surface area contributed by atoms with Crippen molar-refractivity contribution in [2.75, 3.05) is 29.9 Å². The number of nitrogens with one attached hydrogen (secondary N) is 1. The molecule has 3 heterocycles. The van der Waals surface area contributed by atoms with Crippen LogP contribution in [-0.4, -0.2) is 63.9 Å². The summed E-state index contributed by atoms with van der Waals surface area (Å²) in [6, 6.07) is 14.7. The van der Waals surface area contributed by atoms with Gasteiger partial charge in [-0.1, -0.05) is 30.3 Å². The summed E-state index contributed by atoms with van der Waals surface area (Å²) in [6.45, 7) is 5.56. The van der Waals surface area contributed by atoms with Crippen LogP contribution in [0.1, 0.15) is 55.6 Å². The molecule has 3 aliphatic rings. The molecule has 1 saturated carbocycles. The van der Waals surface area contributed by atoms with Gasteiger partial charge in [0.05, 0.1) is 17.4 Å².